The highest BCUT2D eigenvalue weighted by atomic mass is 35.5. The zero-order valence-electron chi connectivity index (χ0n) is 9.98. The zero-order chi connectivity index (χ0) is 12.5. The summed E-state index contributed by atoms with van der Waals surface area (Å²) in [7, 11) is 0. The molecule has 0 atom stereocenters. The van der Waals surface area contributed by atoms with E-state index in [0.29, 0.717) is 6.54 Å². The van der Waals surface area contributed by atoms with Gasteiger partial charge in [-0.1, -0.05) is 29.8 Å². The van der Waals surface area contributed by atoms with Crippen LogP contribution in [-0.4, -0.2) is 48.0 Å². The molecule has 2 N–H and O–H groups in total. The molecule has 4 heteroatoms. The fourth-order valence-electron chi connectivity index (χ4n) is 1.75. The Morgan fingerprint density at radius 1 is 1.00 bits per heavy atom. The van der Waals surface area contributed by atoms with Crippen molar-refractivity contribution >= 4 is 11.6 Å². The molecule has 3 nitrogen and oxygen atoms in total. The molecule has 0 aliphatic heterocycles. The average molecular weight is 258 g/mol. The van der Waals surface area contributed by atoms with Crippen LogP contribution in [0.2, 0.25) is 5.02 Å². The lowest BCUT2D eigenvalue weighted by Crippen LogP contribution is -2.30. The van der Waals surface area contributed by atoms with Gasteiger partial charge in [-0.2, -0.15) is 0 Å². The Labute approximate surface area is 108 Å². The minimum atomic E-state index is 0.147. The van der Waals surface area contributed by atoms with Gasteiger partial charge in [0.1, 0.15) is 0 Å². The molecule has 0 spiro atoms. The molecule has 1 aromatic rings. The van der Waals surface area contributed by atoms with E-state index in [-0.39, 0.29) is 13.2 Å². The van der Waals surface area contributed by atoms with Gasteiger partial charge in [-0.3, -0.25) is 0 Å². The molecule has 96 valence electrons. The molecule has 0 fully saturated rings. The van der Waals surface area contributed by atoms with Crippen LogP contribution in [0, 0.1) is 0 Å². The van der Waals surface area contributed by atoms with E-state index in [2.05, 4.69) is 4.90 Å². The normalized spacial score (nSPS) is 11.1. The zero-order valence-corrected chi connectivity index (χ0v) is 10.7. The first kappa shape index (κ1) is 14.5. The highest BCUT2D eigenvalue weighted by Gasteiger charge is 2.05. The Morgan fingerprint density at radius 3 is 2.41 bits per heavy atom. The molecular formula is C13H20ClNO2. The summed E-state index contributed by atoms with van der Waals surface area (Å²) in [5, 5.41) is 18.6. The summed E-state index contributed by atoms with van der Waals surface area (Å²) in [5.74, 6) is 0. The first-order valence-electron chi connectivity index (χ1n) is 5.95. The first-order valence-corrected chi connectivity index (χ1v) is 6.33. The number of hydrogen-bond acceptors (Lipinski definition) is 3. The predicted octanol–water partition coefficient (Wildman–Crippen LogP) is 1.56. The molecular weight excluding hydrogens is 238 g/mol. The summed E-state index contributed by atoms with van der Waals surface area (Å²) in [6, 6.07) is 7.81. The van der Waals surface area contributed by atoms with Crippen molar-refractivity contribution in [1.29, 1.82) is 0 Å². The van der Waals surface area contributed by atoms with Crippen LogP contribution >= 0.6 is 11.6 Å². The van der Waals surface area contributed by atoms with Crippen molar-refractivity contribution < 1.29 is 10.2 Å². The molecule has 0 radical (unpaired) electrons. The summed E-state index contributed by atoms with van der Waals surface area (Å²) in [6.45, 7) is 2.64. The van der Waals surface area contributed by atoms with E-state index in [1.165, 1.54) is 0 Å². The van der Waals surface area contributed by atoms with Crippen molar-refractivity contribution in [3.05, 3.63) is 34.9 Å². The molecule has 0 amide bonds. The van der Waals surface area contributed by atoms with Crippen LogP contribution in [0.25, 0.3) is 0 Å². The number of rotatable bonds is 8. The summed E-state index contributed by atoms with van der Waals surface area (Å²) in [6.07, 6.45) is 1.60. The van der Waals surface area contributed by atoms with E-state index < -0.39 is 0 Å². The third kappa shape index (κ3) is 5.50. The number of halogens is 1. The predicted molar refractivity (Wildman–Crippen MR) is 70.4 cm³/mol. The Balaban J connectivity index is 2.42. The van der Waals surface area contributed by atoms with E-state index in [1.807, 2.05) is 24.3 Å². The summed E-state index contributed by atoms with van der Waals surface area (Å²) >= 11 is 6.08. The minimum absolute atomic E-state index is 0.147. The first-order chi connectivity index (χ1) is 8.27. The molecule has 17 heavy (non-hydrogen) atoms. The lowest BCUT2D eigenvalue weighted by atomic mass is 10.1. The Morgan fingerprint density at radius 2 is 1.76 bits per heavy atom. The number of hydrogen-bond donors (Lipinski definition) is 2. The van der Waals surface area contributed by atoms with E-state index in [1.54, 1.807) is 0 Å². The fourth-order valence-corrected chi connectivity index (χ4v) is 1.98. The fraction of sp³-hybridized carbons (Fsp3) is 0.538. The smallest absolute Gasteiger partial charge is 0.0558 e. The molecule has 0 saturated heterocycles. The van der Waals surface area contributed by atoms with Gasteiger partial charge in [0.15, 0.2) is 0 Å². The summed E-state index contributed by atoms with van der Waals surface area (Å²) < 4.78 is 0. The van der Waals surface area contributed by atoms with Crippen molar-refractivity contribution in [3.8, 4) is 0 Å². The average Bonchev–Trinajstić information content (AvgIpc) is 2.34. The summed E-state index contributed by atoms with van der Waals surface area (Å²) in [5.41, 5.74) is 1.13. The lowest BCUT2D eigenvalue weighted by Gasteiger charge is -2.21. The maximum absolute atomic E-state index is 8.96. The van der Waals surface area contributed by atoms with Crippen LogP contribution in [0.1, 0.15) is 12.0 Å². The molecule has 0 aromatic heterocycles. The molecule has 0 unspecified atom stereocenters. The highest BCUT2D eigenvalue weighted by molar-refractivity contribution is 6.31. The van der Waals surface area contributed by atoms with Gasteiger partial charge in [-0.05, 0) is 24.5 Å². The quantitative estimate of drug-likeness (QED) is 0.743. The third-order valence-electron chi connectivity index (χ3n) is 2.70. The topological polar surface area (TPSA) is 43.7 Å². The second-order valence-corrected chi connectivity index (χ2v) is 4.39. The van der Waals surface area contributed by atoms with Crippen LogP contribution in [0.15, 0.2) is 24.3 Å². The Bertz CT molecular complexity index is 320. The van der Waals surface area contributed by atoms with E-state index in [9.17, 15) is 0 Å². The maximum atomic E-state index is 8.96. The van der Waals surface area contributed by atoms with E-state index in [0.717, 1.165) is 36.5 Å². The standard InChI is InChI=1S/C13H20ClNO2/c14-13-5-2-1-4-12(13)6-8-15(9-11-17)7-3-10-16/h1-2,4-5,16-17H,3,6-11H2. The molecule has 1 rings (SSSR count). The number of aliphatic hydroxyl groups excluding tert-OH is 2. The van der Waals surface area contributed by atoms with Gasteiger partial charge in [0.25, 0.3) is 0 Å². The van der Waals surface area contributed by atoms with Gasteiger partial charge in [-0.15, -0.1) is 0 Å². The Kier molecular flexibility index (Phi) is 7.21. The minimum Gasteiger partial charge on any atom is -0.396 e. The lowest BCUT2D eigenvalue weighted by molar-refractivity contribution is 0.181. The van der Waals surface area contributed by atoms with Gasteiger partial charge in [0.2, 0.25) is 0 Å². The van der Waals surface area contributed by atoms with Crippen LogP contribution < -0.4 is 0 Å². The van der Waals surface area contributed by atoms with Crippen molar-refractivity contribution in [2.45, 2.75) is 12.8 Å². The monoisotopic (exact) mass is 257 g/mol. The highest BCUT2D eigenvalue weighted by Crippen LogP contribution is 2.15. The van der Waals surface area contributed by atoms with Crippen LogP contribution in [0.4, 0.5) is 0 Å². The largest absolute Gasteiger partial charge is 0.396 e. The maximum Gasteiger partial charge on any atom is 0.0558 e. The van der Waals surface area contributed by atoms with Gasteiger partial charge in [-0.25, -0.2) is 0 Å². The van der Waals surface area contributed by atoms with Crippen LogP contribution in [-0.2, 0) is 6.42 Å². The van der Waals surface area contributed by atoms with Crippen molar-refractivity contribution in [3.63, 3.8) is 0 Å². The van der Waals surface area contributed by atoms with E-state index in [4.69, 9.17) is 21.8 Å². The molecule has 1 aromatic carbocycles. The Hall–Kier alpha value is -0.610. The van der Waals surface area contributed by atoms with Crippen molar-refractivity contribution in [1.82, 2.24) is 4.90 Å². The van der Waals surface area contributed by atoms with Gasteiger partial charge < -0.3 is 15.1 Å². The van der Waals surface area contributed by atoms with Gasteiger partial charge in [0.05, 0.1) is 6.61 Å². The molecule has 0 aliphatic rings. The van der Waals surface area contributed by atoms with Gasteiger partial charge in [0, 0.05) is 31.3 Å². The number of benzene rings is 1. The van der Waals surface area contributed by atoms with Crippen LogP contribution in [0.3, 0.4) is 0 Å². The molecule has 0 heterocycles. The molecule has 0 saturated carbocycles. The number of nitrogens with zero attached hydrogens (tertiary/aromatic N) is 1. The SMILES string of the molecule is OCCCN(CCO)CCc1ccccc1Cl. The van der Waals surface area contributed by atoms with E-state index >= 15 is 0 Å². The second kappa shape index (κ2) is 8.48. The molecule has 0 bridgehead atoms. The molecule has 0 aliphatic carbocycles. The van der Waals surface area contributed by atoms with Crippen LogP contribution in [0.5, 0.6) is 0 Å². The summed E-state index contributed by atoms with van der Waals surface area (Å²) in [4.78, 5) is 2.14. The van der Waals surface area contributed by atoms with Gasteiger partial charge >= 0.3 is 0 Å². The number of aliphatic hydroxyl groups is 2. The second-order valence-electron chi connectivity index (χ2n) is 3.98. The third-order valence-corrected chi connectivity index (χ3v) is 3.07. The van der Waals surface area contributed by atoms with Crippen molar-refractivity contribution in [2.75, 3.05) is 32.8 Å². The van der Waals surface area contributed by atoms with Crippen molar-refractivity contribution in [2.24, 2.45) is 0 Å².